The van der Waals surface area contributed by atoms with Crippen LogP contribution in [0.1, 0.15) is 52.4 Å². The molecule has 0 saturated carbocycles. The molecule has 0 fully saturated rings. The molecule has 0 aliphatic carbocycles. The van der Waals surface area contributed by atoms with Gasteiger partial charge < -0.3 is 15.4 Å². The van der Waals surface area contributed by atoms with Gasteiger partial charge in [-0.15, -0.1) is 11.3 Å². The van der Waals surface area contributed by atoms with Crippen LogP contribution in [0.25, 0.3) is 10.1 Å². The zero-order valence-electron chi connectivity index (χ0n) is 19.0. The van der Waals surface area contributed by atoms with E-state index >= 15 is 0 Å². The maximum Gasteiger partial charge on any atom is 0.254 e. The number of carbonyl (C=O) groups excluding carboxylic acids is 1. The van der Waals surface area contributed by atoms with Gasteiger partial charge in [0.05, 0.1) is 7.11 Å². The third kappa shape index (κ3) is 4.48. The number of methoxy groups -OCH3 is 1. The number of aryl methyl sites for hydroxylation is 2. The van der Waals surface area contributed by atoms with Crippen LogP contribution in [0, 0.1) is 13.8 Å². The van der Waals surface area contributed by atoms with Crippen LogP contribution in [0.2, 0.25) is 0 Å². The van der Waals surface area contributed by atoms with E-state index in [9.17, 15) is 4.79 Å². The molecule has 31 heavy (non-hydrogen) atoms. The number of hydrogen-bond donors (Lipinski definition) is 1. The molecule has 0 radical (unpaired) electrons. The van der Waals surface area contributed by atoms with Crippen molar-refractivity contribution in [3.05, 3.63) is 63.5 Å². The fourth-order valence-corrected chi connectivity index (χ4v) is 5.47. The Kier molecular flexibility index (Phi) is 6.09. The second-order valence-electron chi connectivity index (χ2n) is 9.10. The number of amides is 1. The minimum atomic E-state index is -0.315. The number of nitrogens with two attached hydrogens (primary N) is 1. The van der Waals surface area contributed by atoms with E-state index in [1.54, 1.807) is 18.4 Å². The molecule has 1 amide bonds. The molecular formula is C26H32N2O2S. The van der Waals surface area contributed by atoms with Gasteiger partial charge in [-0.3, -0.25) is 4.79 Å². The summed E-state index contributed by atoms with van der Waals surface area (Å²) >= 11 is 1.75. The summed E-state index contributed by atoms with van der Waals surface area (Å²) < 4.78 is 6.58. The Morgan fingerprint density at radius 1 is 1.19 bits per heavy atom. The van der Waals surface area contributed by atoms with E-state index in [4.69, 9.17) is 10.5 Å². The number of carbonyl (C=O) groups is 1. The summed E-state index contributed by atoms with van der Waals surface area (Å²) in [7, 11) is 1.70. The Labute approximate surface area is 189 Å². The highest BCUT2D eigenvalue weighted by Crippen LogP contribution is 2.31. The molecule has 4 rings (SSSR count). The first-order valence-electron chi connectivity index (χ1n) is 11.0. The lowest BCUT2D eigenvalue weighted by Gasteiger charge is -2.33. The first kappa shape index (κ1) is 21.8. The minimum absolute atomic E-state index is 0.151. The van der Waals surface area contributed by atoms with Crippen LogP contribution in [0.5, 0.6) is 5.75 Å². The predicted octanol–water partition coefficient (Wildman–Crippen LogP) is 5.27. The highest BCUT2D eigenvalue weighted by Gasteiger charge is 2.28. The summed E-state index contributed by atoms with van der Waals surface area (Å²) in [5.41, 5.74) is 12.3. The van der Waals surface area contributed by atoms with Crippen LogP contribution in [-0.2, 0) is 12.8 Å². The molecule has 1 aromatic heterocycles. The highest BCUT2D eigenvalue weighted by molar-refractivity contribution is 7.17. The SMILES string of the molecule is COc1ccc2c(CCC(C)(N)CCN3CCc4c(ccc(C)c4C)C3=O)csc2c1. The maximum absolute atomic E-state index is 13.0. The normalized spacial score (nSPS) is 15.8. The summed E-state index contributed by atoms with van der Waals surface area (Å²) in [5, 5.41) is 3.52. The third-order valence-electron chi connectivity index (χ3n) is 6.80. The second-order valence-corrected chi connectivity index (χ2v) is 10.0. The fraction of sp³-hybridized carbons (Fsp3) is 0.423. The number of thiophene rings is 1. The molecular weight excluding hydrogens is 404 g/mol. The van der Waals surface area contributed by atoms with Gasteiger partial charge >= 0.3 is 0 Å². The zero-order valence-corrected chi connectivity index (χ0v) is 19.8. The van der Waals surface area contributed by atoms with Crippen molar-refractivity contribution < 1.29 is 9.53 Å². The van der Waals surface area contributed by atoms with E-state index in [0.717, 1.165) is 43.5 Å². The van der Waals surface area contributed by atoms with Crippen LogP contribution in [0.3, 0.4) is 0 Å². The lowest BCUT2D eigenvalue weighted by molar-refractivity contribution is 0.0726. The van der Waals surface area contributed by atoms with Crippen molar-refractivity contribution in [2.45, 2.75) is 52.0 Å². The predicted molar refractivity (Wildman–Crippen MR) is 129 cm³/mol. The van der Waals surface area contributed by atoms with Crippen LogP contribution in [0.4, 0.5) is 0 Å². The molecule has 3 aromatic rings. The molecule has 1 aliphatic rings. The molecule has 2 aromatic carbocycles. The number of benzene rings is 2. The summed E-state index contributed by atoms with van der Waals surface area (Å²) in [6, 6.07) is 10.3. The number of ether oxygens (including phenoxy) is 1. The largest absolute Gasteiger partial charge is 0.497 e. The Morgan fingerprint density at radius 2 is 2.00 bits per heavy atom. The molecule has 2 N–H and O–H groups in total. The topological polar surface area (TPSA) is 55.6 Å². The van der Waals surface area contributed by atoms with Gasteiger partial charge in [-0.2, -0.15) is 0 Å². The molecule has 0 bridgehead atoms. The van der Waals surface area contributed by atoms with Crippen molar-refractivity contribution in [1.82, 2.24) is 4.90 Å². The van der Waals surface area contributed by atoms with Gasteiger partial charge in [0.1, 0.15) is 5.75 Å². The van der Waals surface area contributed by atoms with Gasteiger partial charge in [0.25, 0.3) is 5.91 Å². The van der Waals surface area contributed by atoms with E-state index < -0.39 is 0 Å². The molecule has 0 spiro atoms. The smallest absolute Gasteiger partial charge is 0.254 e. The van der Waals surface area contributed by atoms with E-state index in [1.807, 2.05) is 17.0 Å². The summed E-state index contributed by atoms with van der Waals surface area (Å²) in [5.74, 6) is 1.04. The number of fused-ring (bicyclic) bond motifs is 2. The monoisotopic (exact) mass is 436 g/mol. The molecule has 1 aliphatic heterocycles. The summed E-state index contributed by atoms with van der Waals surface area (Å²) in [6.45, 7) is 7.83. The minimum Gasteiger partial charge on any atom is -0.497 e. The van der Waals surface area contributed by atoms with Crippen LogP contribution in [-0.4, -0.2) is 36.5 Å². The molecule has 2 heterocycles. The average molecular weight is 437 g/mol. The van der Waals surface area contributed by atoms with Gasteiger partial charge in [-0.05, 0) is 104 Å². The van der Waals surface area contributed by atoms with Crippen LogP contribution in [0.15, 0.2) is 35.7 Å². The molecule has 4 nitrogen and oxygen atoms in total. The van der Waals surface area contributed by atoms with Crippen molar-refractivity contribution >= 4 is 27.3 Å². The van der Waals surface area contributed by atoms with Crippen LogP contribution < -0.4 is 10.5 Å². The van der Waals surface area contributed by atoms with Gasteiger partial charge in [0, 0.05) is 28.9 Å². The first-order chi connectivity index (χ1) is 14.8. The van der Waals surface area contributed by atoms with E-state index in [2.05, 4.69) is 44.4 Å². The standard InChI is InChI=1S/C26H32N2O2S/c1-17-5-7-23-21(18(17)2)10-13-28(25(23)29)14-12-26(3,27)11-9-19-16-31-24-15-20(30-4)6-8-22(19)24/h5-8,15-16H,9-14,27H2,1-4H3. The van der Waals surface area contributed by atoms with Crippen molar-refractivity contribution in [2.24, 2.45) is 5.73 Å². The lowest BCUT2D eigenvalue weighted by atomic mass is 9.89. The van der Waals surface area contributed by atoms with E-state index in [0.29, 0.717) is 6.54 Å². The number of rotatable bonds is 7. The average Bonchev–Trinajstić information content (AvgIpc) is 3.16. The Morgan fingerprint density at radius 3 is 2.77 bits per heavy atom. The maximum atomic E-state index is 13.0. The summed E-state index contributed by atoms with van der Waals surface area (Å²) in [6.07, 6.45) is 3.56. The number of nitrogens with zero attached hydrogens (tertiary/aromatic N) is 1. The van der Waals surface area contributed by atoms with E-state index in [-0.39, 0.29) is 11.4 Å². The van der Waals surface area contributed by atoms with Crippen molar-refractivity contribution in [3.8, 4) is 5.75 Å². The first-order valence-corrected chi connectivity index (χ1v) is 11.9. The van der Waals surface area contributed by atoms with Crippen molar-refractivity contribution in [1.29, 1.82) is 0 Å². The third-order valence-corrected chi connectivity index (χ3v) is 7.79. The Bertz CT molecular complexity index is 1120. The quantitative estimate of drug-likeness (QED) is 0.549. The van der Waals surface area contributed by atoms with Crippen LogP contribution >= 0.6 is 11.3 Å². The molecule has 5 heteroatoms. The van der Waals surface area contributed by atoms with Gasteiger partial charge in [-0.1, -0.05) is 6.07 Å². The Hall–Kier alpha value is -2.37. The molecule has 0 saturated heterocycles. The Balaban J connectivity index is 1.37. The zero-order chi connectivity index (χ0) is 22.2. The highest BCUT2D eigenvalue weighted by atomic mass is 32.1. The van der Waals surface area contributed by atoms with E-state index in [1.165, 1.54) is 32.3 Å². The number of hydrogen-bond acceptors (Lipinski definition) is 4. The van der Waals surface area contributed by atoms with Crippen molar-refractivity contribution in [3.63, 3.8) is 0 Å². The van der Waals surface area contributed by atoms with Gasteiger partial charge in [-0.25, -0.2) is 0 Å². The van der Waals surface area contributed by atoms with Crippen molar-refractivity contribution in [2.75, 3.05) is 20.2 Å². The second kappa shape index (κ2) is 8.64. The van der Waals surface area contributed by atoms with Gasteiger partial charge in [0.15, 0.2) is 0 Å². The fourth-order valence-electron chi connectivity index (χ4n) is 4.45. The molecule has 164 valence electrons. The molecule has 1 unspecified atom stereocenters. The molecule has 1 atom stereocenters. The van der Waals surface area contributed by atoms with Gasteiger partial charge in [0.2, 0.25) is 0 Å². The summed E-state index contributed by atoms with van der Waals surface area (Å²) in [4.78, 5) is 15.0. The lowest BCUT2D eigenvalue weighted by Crippen LogP contribution is -2.44.